The van der Waals surface area contributed by atoms with Gasteiger partial charge in [-0.05, 0) is 137 Å². The molecule has 0 aromatic rings. The molecule has 1 amide bonds. The molecule has 0 radical (unpaired) electrons. The number of ether oxygens (including phenoxy) is 3. The summed E-state index contributed by atoms with van der Waals surface area (Å²) in [5.41, 5.74) is 0.409. The third-order valence-electron chi connectivity index (χ3n) is 17.5. The molecule has 0 aromatic heterocycles. The molecule has 11 unspecified atom stereocenters. The first-order chi connectivity index (χ1) is 31.9. The predicted octanol–water partition coefficient (Wildman–Crippen LogP) is 13.4. The lowest BCUT2D eigenvalue weighted by Crippen LogP contribution is -2.57. The molecule has 0 aromatic carbocycles. The Morgan fingerprint density at radius 1 is 0.866 bits per heavy atom. The van der Waals surface area contributed by atoms with Crippen molar-refractivity contribution < 1.29 is 37.1 Å². The first-order valence-electron chi connectivity index (χ1n) is 27.5. The lowest BCUT2D eigenvalue weighted by Gasteiger charge is -2.44. The Kier molecular flexibility index (Phi) is 23.1. The van der Waals surface area contributed by atoms with Crippen LogP contribution in [0.2, 0.25) is 54.4 Å². The average molecular weight is 990 g/mol. The van der Waals surface area contributed by atoms with Crippen LogP contribution in [0.5, 0.6) is 0 Å². The largest absolute Gasteiger partial charge is 0.457 e. The number of fused-ring (bicyclic) bond motifs is 3. The molecule has 2 bridgehead atoms. The van der Waals surface area contributed by atoms with Crippen molar-refractivity contribution in [3.8, 4) is 0 Å². The van der Waals surface area contributed by atoms with Gasteiger partial charge in [-0.15, -0.1) is 0 Å². The van der Waals surface area contributed by atoms with Crippen LogP contribution in [0.3, 0.4) is 0 Å². The Balaban J connectivity index is 1.62. The number of hydrogen-bond donors (Lipinski definition) is 1. The van der Waals surface area contributed by atoms with Gasteiger partial charge in [0.25, 0.3) is 0 Å². The van der Waals surface area contributed by atoms with Crippen LogP contribution in [0, 0.1) is 23.7 Å². The minimum atomic E-state index is -2.04. The fourth-order valence-electron chi connectivity index (χ4n) is 11.7. The molecule has 13 heteroatoms. The van der Waals surface area contributed by atoms with Crippen LogP contribution < -0.4 is 5.32 Å². The molecular formula is C54H100N2O8Si3. The predicted molar refractivity (Wildman–Crippen MR) is 284 cm³/mol. The summed E-state index contributed by atoms with van der Waals surface area (Å²) in [6.45, 7) is 36.8. The Morgan fingerprint density at radius 3 is 2.00 bits per heavy atom. The SMILES string of the molecule is CCC(O[Si](CC)(CC)CC)C(C)C1OC1CC(C)(C=CC=C(C)C1OC(=O)CC(O[Si](CC)(CC)CC)CCC(C)C(OC(=O)NC2CN3CCC2CC3)C=CC1C)O[Si](CC)(CC)CC. The first kappa shape index (κ1) is 58.0. The Bertz CT molecular complexity index is 1580. The number of carbonyl (C=O) groups excluding carboxylic acids is 2. The van der Waals surface area contributed by atoms with Crippen molar-refractivity contribution >= 4 is 37.0 Å². The smallest absolute Gasteiger partial charge is 0.408 e. The molecule has 0 saturated carbocycles. The van der Waals surface area contributed by atoms with Crippen LogP contribution >= 0.6 is 0 Å². The summed E-state index contributed by atoms with van der Waals surface area (Å²) in [7, 11) is -5.83. The normalized spacial score (nSPS) is 30.8. The van der Waals surface area contributed by atoms with Crippen molar-refractivity contribution in [2.45, 2.75) is 251 Å². The highest BCUT2D eigenvalue weighted by atomic mass is 28.4. The van der Waals surface area contributed by atoms with E-state index in [4.69, 9.17) is 27.5 Å². The molecule has 0 aliphatic carbocycles. The standard InChI is InChI=1S/C54H100N2O8Si3/c1-16-47(63-66(20-5,21-6)22-7)43(14)52-49(59-52)38-54(15,64-67(23-8,24-9)25-10)34-26-27-41(12)51-42(13)29-31-48(60-53(58)55-46-39-56-35-32-44(46)33-36-56)40(11)28-30-45(37-50(57)61-51)62-65(17-2,18-3)19-4/h26-27,29,31,34,40,42-49,51-52H,16-25,28,30,32-33,35-39H2,1-15H3,(H,55,58). The number of hydrogen-bond acceptors (Lipinski definition) is 9. The second-order valence-electron chi connectivity index (χ2n) is 21.6. The van der Waals surface area contributed by atoms with Crippen LogP contribution in [0.15, 0.2) is 36.0 Å². The summed E-state index contributed by atoms with van der Waals surface area (Å²) in [5, 5.41) is 3.26. The number of carbonyl (C=O) groups is 2. The summed E-state index contributed by atoms with van der Waals surface area (Å²) >= 11 is 0. The molecule has 4 fully saturated rings. The van der Waals surface area contributed by atoms with Crippen LogP contribution in [0.1, 0.15) is 149 Å². The van der Waals surface area contributed by atoms with Crippen molar-refractivity contribution in [1.82, 2.24) is 10.2 Å². The highest BCUT2D eigenvalue weighted by molar-refractivity contribution is 6.74. The van der Waals surface area contributed by atoms with Gasteiger partial charge in [-0.2, -0.15) is 0 Å². The van der Waals surface area contributed by atoms with E-state index in [0.29, 0.717) is 18.3 Å². The first-order valence-corrected chi connectivity index (χ1v) is 35.1. The lowest BCUT2D eigenvalue weighted by molar-refractivity contribution is -0.150. The zero-order valence-electron chi connectivity index (χ0n) is 45.4. The average Bonchev–Trinajstić information content (AvgIpc) is 4.10. The van der Waals surface area contributed by atoms with Crippen molar-refractivity contribution in [3.05, 3.63) is 36.0 Å². The van der Waals surface area contributed by atoms with Gasteiger partial charge in [-0.25, -0.2) is 4.79 Å². The summed E-state index contributed by atoms with van der Waals surface area (Å²) in [6, 6.07) is 9.75. The van der Waals surface area contributed by atoms with Gasteiger partial charge >= 0.3 is 12.1 Å². The second kappa shape index (κ2) is 26.7. The van der Waals surface area contributed by atoms with Crippen molar-refractivity contribution in [2.75, 3.05) is 19.6 Å². The van der Waals surface area contributed by atoms with E-state index >= 15 is 0 Å². The van der Waals surface area contributed by atoms with E-state index < -0.39 is 42.8 Å². The second-order valence-corrected chi connectivity index (χ2v) is 35.7. The van der Waals surface area contributed by atoms with Crippen LogP contribution in [-0.2, 0) is 32.3 Å². The minimum Gasteiger partial charge on any atom is -0.457 e. The fourth-order valence-corrected chi connectivity index (χ4v) is 20.7. The van der Waals surface area contributed by atoms with E-state index in [1.54, 1.807) is 0 Å². The van der Waals surface area contributed by atoms with Gasteiger partial charge in [0, 0.05) is 36.9 Å². The molecule has 10 nitrogen and oxygen atoms in total. The number of nitrogens with one attached hydrogen (secondary N) is 1. The molecule has 11 atom stereocenters. The topological polar surface area (TPSA) is 108 Å². The Hall–Kier alpha value is -1.59. The highest BCUT2D eigenvalue weighted by Crippen LogP contribution is 2.43. The summed E-state index contributed by atoms with van der Waals surface area (Å²) in [5.74, 6) is 0.431. The number of alkyl carbamates (subject to hydrolysis) is 1. The maximum Gasteiger partial charge on any atom is 0.408 e. The number of rotatable bonds is 25. The van der Waals surface area contributed by atoms with Gasteiger partial charge < -0.3 is 37.7 Å². The molecule has 4 saturated heterocycles. The Labute approximate surface area is 413 Å². The van der Waals surface area contributed by atoms with Gasteiger partial charge in [0.15, 0.2) is 25.0 Å². The van der Waals surface area contributed by atoms with Gasteiger partial charge in [0.05, 0.1) is 30.3 Å². The molecule has 67 heavy (non-hydrogen) atoms. The maximum atomic E-state index is 14.1. The summed E-state index contributed by atoms with van der Waals surface area (Å²) in [4.78, 5) is 30.2. The molecule has 5 heterocycles. The van der Waals surface area contributed by atoms with E-state index in [-0.39, 0.29) is 60.8 Å². The van der Waals surface area contributed by atoms with E-state index in [9.17, 15) is 9.59 Å². The number of piperidine rings is 3. The van der Waals surface area contributed by atoms with Crippen molar-refractivity contribution in [1.29, 1.82) is 0 Å². The molecule has 5 aliphatic rings. The van der Waals surface area contributed by atoms with Gasteiger partial charge in [-0.1, -0.05) is 114 Å². The number of amides is 1. The highest BCUT2D eigenvalue weighted by Gasteiger charge is 2.51. The molecular weight excluding hydrogens is 889 g/mol. The molecule has 5 rings (SSSR count). The lowest BCUT2D eigenvalue weighted by atomic mass is 9.84. The number of cyclic esters (lactones) is 1. The summed E-state index contributed by atoms with van der Waals surface area (Å²) in [6.07, 6.45) is 15.2. The van der Waals surface area contributed by atoms with Crippen LogP contribution in [0.25, 0.3) is 0 Å². The molecule has 0 spiro atoms. The molecule has 5 aliphatic heterocycles. The number of nitrogens with zero attached hydrogens (tertiary/aromatic N) is 1. The number of epoxide rings is 1. The third kappa shape index (κ3) is 16.0. The van der Waals surface area contributed by atoms with E-state index in [1.807, 2.05) is 6.08 Å². The van der Waals surface area contributed by atoms with E-state index in [2.05, 4.69) is 138 Å². The van der Waals surface area contributed by atoms with Crippen LogP contribution in [0.4, 0.5) is 4.79 Å². The van der Waals surface area contributed by atoms with E-state index in [0.717, 1.165) is 112 Å². The van der Waals surface area contributed by atoms with Crippen LogP contribution in [-0.4, -0.2) is 110 Å². The van der Waals surface area contributed by atoms with Crippen molar-refractivity contribution in [3.63, 3.8) is 0 Å². The zero-order chi connectivity index (χ0) is 49.6. The quantitative estimate of drug-likeness (QED) is 0.0314. The van der Waals surface area contributed by atoms with Gasteiger partial charge in [0.1, 0.15) is 12.2 Å². The minimum absolute atomic E-state index is 0.0295. The maximum absolute atomic E-state index is 14.1. The number of allylic oxidation sites excluding steroid dienone is 2. The van der Waals surface area contributed by atoms with E-state index in [1.165, 1.54) is 0 Å². The molecule has 1 N–H and O–H groups in total. The monoisotopic (exact) mass is 989 g/mol. The fraction of sp³-hybridized carbons (Fsp3) is 0.852. The van der Waals surface area contributed by atoms with Gasteiger partial charge in [0.2, 0.25) is 0 Å². The van der Waals surface area contributed by atoms with Gasteiger partial charge in [-0.3, -0.25) is 4.79 Å². The van der Waals surface area contributed by atoms with Crippen molar-refractivity contribution in [2.24, 2.45) is 23.7 Å². The third-order valence-corrected chi connectivity index (χ3v) is 31.6. The Morgan fingerprint density at radius 2 is 1.46 bits per heavy atom. The molecule has 386 valence electrons. The summed E-state index contributed by atoms with van der Waals surface area (Å²) < 4.78 is 40.9. The number of esters is 1. The zero-order valence-corrected chi connectivity index (χ0v) is 48.4.